The lowest BCUT2D eigenvalue weighted by molar-refractivity contribution is -0.138. The summed E-state index contributed by atoms with van der Waals surface area (Å²) < 4.78 is 0.662. The van der Waals surface area contributed by atoms with Crippen molar-refractivity contribution in [2.75, 3.05) is 13.6 Å². The number of carbonyl (C=O) groups is 3. The van der Waals surface area contributed by atoms with Crippen LogP contribution in [0.1, 0.15) is 24.6 Å². The number of hydrogen-bond donors (Lipinski definition) is 1. The van der Waals surface area contributed by atoms with Gasteiger partial charge in [-0.1, -0.05) is 11.6 Å². The number of nitrogens with zero attached hydrogens (tertiary/aromatic N) is 2. The van der Waals surface area contributed by atoms with Crippen LogP contribution in [0.15, 0.2) is 12.1 Å². The Morgan fingerprint density at radius 2 is 2.17 bits per heavy atom. The lowest BCUT2D eigenvalue weighted by Crippen LogP contribution is -2.47. The smallest absolute Gasteiger partial charge is 0.325 e. The molecule has 1 saturated carbocycles. The number of hydrogen-bond acceptors (Lipinski definition) is 4. The SMILES string of the molecule is CN(Cc1ccc(Cl)s1)C(=O)CN1C(=O)N[C@@](C)(C2CC2)C1=O. The summed E-state index contributed by atoms with van der Waals surface area (Å²) in [4.78, 5) is 40.3. The van der Waals surface area contributed by atoms with Crippen molar-refractivity contribution in [2.45, 2.75) is 31.8 Å². The molecule has 1 N–H and O–H groups in total. The van der Waals surface area contributed by atoms with Gasteiger partial charge in [0.15, 0.2) is 0 Å². The summed E-state index contributed by atoms with van der Waals surface area (Å²) in [6.45, 7) is 1.91. The van der Waals surface area contributed by atoms with Gasteiger partial charge >= 0.3 is 6.03 Å². The van der Waals surface area contributed by atoms with E-state index in [0.29, 0.717) is 10.9 Å². The zero-order chi connectivity index (χ0) is 16.8. The maximum absolute atomic E-state index is 12.5. The van der Waals surface area contributed by atoms with Crippen molar-refractivity contribution in [1.29, 1.82) is 0 Å². The Morgan fingerprint density at radius 1 is 1.48 bits per heavy atom. The first-order valence-electron chi connectivity index (χ1n) is 7.43. The Bertz CT molecular complexity index is 673. The molecule has 0 aromatic carbocycles. The average Bonchev–Trinajstić information content (AvgIpc) is 3.23. The summed E-state index contributed by atoms with van der Waals surface area (Å²) in [6, 6.07) is 3.15. The summed E-state index contributed by atoms with van der Waals surface area (Å²) in [6.07, 6.45) is 1.87. The fraction of sp³-hybridized carbons (Fsp3) is 0.533. The van der Waals surface area contributed by atoms with E-state index in [4.69, 9.17) is 11.6 Å². The Morgan fingerprint density at radius 3 is 2.74 bits per heavy atom. The molecule has 3 rings (SSSR count). The highest BCUT2D eigenvalue weighted by Crippen LogP contribution is 2.42. The summed E-state index contributed by atoms with van der Waals surface area (Å²) in [5.74, 6) is -0.394. The van der Waals surface area contributed by atoms with Crippen LogP contribution in [-0.2, 0) is 16.1 Å². The van der Waals surface area contributed by atoms with Crippen molar-refractivity contribution in [3.8, 4) is 0 Å². The number of nitrogens with one attached hydrogen (secondary N) is 1. The molecule has 1 aromatic rings. The van der Waals surface area contributed by atoms with E-state index in [1.54, 1.807) is 20.0 Å². The summed E-state index contributed by atoms with van der Waals surface area (Å²) in [5, 5.41) is 2.74. The van der Waals surface area contributed by atoms with Crippen molar-refractivity contribution in [3.63, 3.8) is 0 Å². The predicted molar refractivity (Wildman–Crippen MR) is 87.2 cm³/mol. The van der Waals surface area contributed by atoms with Crippen LogP contribution in [0.2, 0.25) is 4.34 Å². The maximum Gasteiger partial charge on any atom is 0.325 e. The van der Waals surface area contributed by atoms with Crippen molar-refractivity contribution >= 4 is 40.8 Å². The molecule has 2 heterocycles. The molecule has 2 fully saturated rings. The number of halogens is 1. The molecule has 23 heavy (non-hydrogen) atoms. The van der Waals surface area contributed by atoms with E-state index < -0.39 is 11.6 Å². The lowest BCUT2D eigenvalue weighted by atomic mass is 9.96. The number of rotatable bonds is 5. The first kappa shape index (κ1) is 16.3. The van der Waals surface area contributed by atoms with Gasteiger partial charge in [-0.05, 0) is 37.8 Å². The zero-order valence-electron chi connectivity index (χ0n) is 13.0. The first-order chi connectivity index (χ1) is 10.8. The third-order valence-electron chi connectivity index (χ3n) is 4.44. The number of thiophene rings is 1. The van der Waals surface area contributed by atoms with Crippen molar-refractivity contribution in [3.05, 3.63) is 21.3 Å². The van der Waals surface area contributed by atoms with Crippen LogP contribution in [-0.4, -0.2) is 46.8 Å². The molecule has 1 aliphatic carbocycles. The highest BCUT2D eigenvalue weighted by molar-refractivity contribution is 7.16. The largest absolute Gasteiger partial charge is 0.339 e. The molecule has 1 saturated heterocycles. The van der Waals surface area contributed by atoms with Gasteiger partial charge in [0.2, 0.25) is 5.91 Å². The molecule has 0 radical (unpaired) electrons. The number of amides is 4. The molecular weight excluding hydrogens is 338 g/mol. The van der Waals surface area contributed by atoms with E-state index in [1.807, 2.05) is 6.07 Å². The van der Waals surface area contributed by atoms with Crippen LogP contribution in [0.25, 0.3) is 0 Å². The minimum absolute atomic E-state index is 0.185. The fourth-order valence-corrected chi connectivity index (χ4v) is 3.95. The summed E-state index contributed by atoms with van der Waals surface area (Å²) >= 11 is 7.28. The molecule has 6 nitrogen and oxygen atoms in total. The molecule has 1 atom stereocenters. The van der Waals surface area contributed by atoms with E-state index in [9.17, 15) is 14.4 Å². The van der Waals surface area contributed by atoms with Gasteiger partial charge in [-0.2, -0.15) is 0 Å². The van der Waals surface area contributed by atoms with Gasteiger partial charge < -0.3 is 10.2 Å². The van der Waals surface area contributed by atoms with E-state index in [1.165, 1.54) is 16.2 Å². The molecule has 0 spiro atoms. The highest BCUT2D eigenvalue weighted by Gasteiger charge is 2.56. The van der Waals surface area contributed by atoms with Crippen LogP contribution >= 0.6 is 22.9 Å². The molecule has 0 bridgehead atoms. The molecule has 1 aliphatic heterocycles. The number of urea groups is 1. The van der Waals surface area contributed by atoms with Gasteiger partial charge in [0.25, 0.3) is 5.91 Å². The Balaban J connectivity index is 1.63. The van der Waals surface area contributed by atoms with E-state index >= 15 is 0 Å². The van der Waals surface area contributed by atoms with Gasteiger partial charge in [-0.25, -0.2) is 4.79 Å². The van der Waals surface area contributed by atoms with Gasteiger partial charge in [-0.15, -0.1) is 11.3 Å². The van der Waals surface area contributed by atoms with Crippen LogP contribution in [0, 0.1) is 5.92 Å². The van der Waals surface area contributed by atoms with Crippen LogP contribution < -0.4 is 5.32 Å². The van der Waals surface area contributed by atoms with E-state index in [2.05, 4.69) is 5.32 Å². The first-order valence-corrected chi connectivity index (χ1v) is 8.63. The highest BCUT2D eigenvalue weighted by atomic mass is 35.5. The van der Waals surface area contributed by atoms with E-state index in [0.717, 1.165) is 22.6 Å². The normalized spacial score (nSPS) is 24.0. The maximum atomic E-state index is 12.5. The fourth-order valence-electron chi connectivity index (χ4n) is 2.81. The van der Waals surface area contributed by atoms with Crippen LogP contribution in [0.5, 0.6) is 0 Å². The van der Waals surface area contributed by atoms with Gasteiger partial charge in [-0.3, -0.25) is 14.5 Å². The van der Waals surface area contributed by atoms with Gasteiger partial charge in [0.1, 0.15) is 12.1 Å². The zero-order valence-corrected chi connectivity index (χ0v) is 14.5. The quantitative estimate of drug-likeness (QED) is 0.822. The molecule has 4 amide bonds. The lowest BCUT2D eigenvalue weighted by Gasteiger charge is -2.22. The summed E-state index contributed by atoms with van der Waals surface area (Å²) in [7, 11) is 1.65. The number of imide groups is 1. The minimum Gasteiger partial charge on any atom is -0.339 e. The van der Waals surface area contributed by atoms with Gasteiger partial charge in [0, 0.05) is 11.9 Å². The molecule has 0 unspecified atom stereocenters. The molecular formula is C15H18ClN3O3S. The Kier molecular flexibility index (Phi) is 4.10. The molecule has 1 aromatic heterocycles. The average molecular weight is 356 g/mol. The van der Waals surface area contributed by atoms with Crippen LogP contribution in [0.3, 0.4) is 0 Å². The monoisotopic (exact) mass is 355 g/mol. The van der Waals surface area contributed by atoms with Crippen molar-refractivity contribution < 1.29 is 14.4 Å². The Labute approximate surface area is 143 Å². The van der Waals surface area contributed by atoms with Crippen LogP contribution in [0.4, 0.5) is 4.79 Å². The molecule has 2 aliphatic rings. The Hall–Kier alpha value is -1.60. The van der Waals surface area contributed by atoms with E-state index in [-0.39, 0.29) is 24.3 Å². The van der Waals surface area contributed by atoms with Crippen molar-refractivity contribution in [2.24, 2.45) is 5.92 Å². The topological polar surface area (TPSA) is 69.7 Å². The summed E-state index contributed by atoms with van der Waals surface area (Å²) in [5.41, 5.74) is -0.850. The van der Waals surface area contributed by atoms with Crippen molar-refractivity contribution in [1.82, 2.24) is 15.1 Å². The third kappa shape index (κ3) is 3.07. The third-order valence-corrected chi connectivity index (χ3v) is 5.65. The second kappa shape index (κ2) is 5.79. The number of likely N-dealkylation sites (N-methyl/N-ethyl adjacent to an activating group) is 1. The minimum atomic E-state index is -0.850. The molecule has 8 heteroatoms. The standard InChI is InChI=1S/C15H18ClN3O3S/c1-15(9-3-4-9)13(21)19(14(22)17-15)8-12(20)18(2)7-10-5-6-11(16)23-10/h5-6,9H,3-4,7-8H2,1-2H3,(H,17,22)/t15-/m0/s1. The van der Waals surface area contributed by atoms with Gasteiger partial charge in [0.05, 0.1) is 10.9 Å². The molecule has 124 valence electrons. The number of carbonyl (C=O) groups excluding carboxylic acids is 3. The predicted octanol–water partition coefficient (Wildman–Crippen LogP) is 2.08. The second-order valence-electron chi connectivity index (χ2n) is 6.25. The second-order valence-corrected chi connectivity index (χ2v) is 8.05.